The fourth-order valence-electron chi connectivity index (χ4n) is 2.06. The number of nitrogens with two attached hydrogens (primary N) is 1. The van der Waals surface area contributed by atoms with Crippen molar-refractivity contribution in [3.63, 3.8) is 0 Å². The molecule has 3 heteroatoms. The molecule has 0 spiro atoms. The molecule has 0 radical (unpaired) electrons. The standard InChI is InChI=1S/C15H24N2O/c1-5-13(9-16)15(18)17(4)10-14-8-11(2)6-7-12(14)3/h6-8,13H,5,9-10,16H2,1-4H3. The Kier molecular flexibility index (Phi) is 5.35. The fraction of sp³-hybridized carbons (Fsp3) is 0.533. The summed E-state index contributed by atoms with van der Waals surface area (Å²) in [5, 5.41) is 0. The normalized spacial score (nSPS) is 12.3. The maximum Gasteiger partial charge on any atom is 0.226 e. The molecule has 1 aromatic rings. The monoisotopic (exact) mass is 248 g/mol. The Bertz CT molecular complexity index is 411. The van der Waals surface area contributed by atoms with E-state index in [4.69, 9.17) is 5.73 Å². The zero-order valence-electron chi connectivity index (χ0n) is 11.9. The first-order chi connectivity index (χ1) is 8.49. The zero-order valence-corrected chi connectivity index (χ0v) is 11.9. The Morgan fingerprint density at radius 3 is 2.61 bits per heavy atom. The van der Waals surface area contributed by atoms with Crippen LogP contribution in [0.5, 0.6) is 0 Å². The first kappa shape index (κ1) is 14.7. The molecule has 0 aromatic heterocycles. The largest absolute Gasteiger partial charge is 0.341 e. The number of hydrogen-bond donors (Lipinski definition) is 1. The zero-order chi connectivity index (χ0) is 13.7. The molecule has 0 aliphatic carbocycles. The highest BCUT2D eigenvalue weighted by Gasteiger charge is 2.19. The van der Waals surface area contributed by atoms with E-state index in [0.29, 0.717) is 13.1 Å². The Morgan fingerprint density at radius 2 is 2.06 bits per heavy atom. The topological polar surface area (TPSA) is 46.3 Å². The highest BCUT2D eigenvalue weighted by atomic mass is 16.2. The molecule has 0 saturated heterocycles. The van der Waals surface area contributed by atoms with Gasteiger partial charge in [-0.25, -0.2) is 0 Å². The minimum absolute atomic E-state index is 0.0554. The van der Waals surface area contributed by atoms with Gasteiger partial charge < -0.3 is 10.6 Å². The van der Waals surface area contributed by atoms with Gasteiger partial charge in [0.2, 0.25) is 5.91 Å². The number of hydrogen-bond acceptors (Lipinski definition) is 2. The lowest BCUT2D eigenvalue weighted by Gasteiger charge is -2.23. The maximum absolute atomic E-state index is 12.2. The molecule has 1 aromatic carbocycles. The van der Waals surface area contributed by atoms with Gasteiger partial charge in [-0.3, -0.25) is 4.79 Å². The van der Waals surface area contributed by atoms with Gasteiger partial charge >= 0.3 is 0 Å². The molecule has 0 heterocycles. The summed E-state index contributed by atoms with van der Waals surface area (Å²) in [5.41, 5.74) is 9.28. The molecule has 0 saturated carbocycles. The number of nitrogens with zero attached hydrogens (tertiary/aromatic N) is 1. The van der Waals surface area contributed by atoms with Gasteiger partial charge in [-0.05, 0) is 31.4 Å². The third kappa shape index (κ3) is 3.57. The summed E-state index contributed by atoms with van der Waals surface area (Å²) in [6.07, 6.45) is 0.798. The molecule has 3 nitrogen and oxygen atoms in total. The van der Waals surface area contributed by atoms with Gasteiger partial charge in [0, 0.05) is 20.1 Å². The molecule has 18 heavy (non-hydrogen) atoms. The number of rotatable bonds is 5. The second-order valence-electron chi connectivity index (χ2n) is 4.97. The van der Waals surface area contributed by atoms with E-state index < -0.39 is 0 Å². The summed E-state index contributed by atoms with van der Waals surface area (Å²) in [7, 11) is 1.85. The third-order valence-corrected chi connectivity index (χ3v) is 3.41. The number of aryl methyl sites for hydroxylation is 2. The van der Waals surface area contributed by atoms with Crippen molar-refractivity contribution in [1.29, 1.82) is 0 Å². The molecule has 0 fully saturated rings. The van der Waals surface area contributed by atoms with Crippen molar-refractivity contribution in [2.75, 3.05) is 13.6 Å². The van der Waals surface area contributed by atoms with Crippen LogP contribution < -0.4 is 5.73 Å². The molecule has 100 valence electrons. The molecule has 2 N–H and O–H groups in total. The van der Waals surface area contributed by atoms with E-state index >= 15 is 0 Å². The van der Waals surface area contributed by atoms with Gasteiger partial charge in [-0.1, -0.05) is 30.7 Å². The van der Waals surface area contributed by atoms with Gasteiger partial charge in [0.1, 0.15) is 0 Å². The van der Waals surface area contributed by atoms with Crippen LogP contribution in [0, 0.1) is 19.8 Å². The fourth-order valence-corrected chi connectivity index (χ4v) is 2.06. The lowest BCUT2D eigenvalue weighted by Crippen LogP contribution is -2.36. The van der Waals surface area contributed by atoms with Crippen LogP contribution in [-0.2, 0) is 11.3 Å². The average Bonchev–Trinajstić information content (AvgIpc) is 2.35. The summed E-state index contributed by atoms with van der Waals surface area (Å²) >= 11 is 0. The van der Waals surface area contributed by atoms with Crippen LogP contribution in [-0.4, -0.2) is 24.4 Å². The van der Waals surface area contributed by atoms with Crippen molar-refractivity contribution in [2.45, 2.75) is 33.7 Å². The van der Waals surface area contributed by atoms with Gasteiger partial charge in [0.05, 0.1) is 5.92 Å². The predicted octanol–water partition coefficient (Wildman–Crippen LogP) is 2.25. The van der Waals surface area contributed by atoms with Crippen molar-refractivity contribution in [2.24, 2.45) is 11.7 Å². The Morgan fingerprint density at radius 1 is 1.39 bits per heavy atom. The lowest BCUT2D eigenvalue weighted by atomic mass is 10.0. The van der Waals surface area contributed by atoms with E-state index in [2.05, 4.69) is 32.0 Å². The van der Waals surface area contributed by atoms with E-state index in [1.54, 1.807) is 4.90 Å². The molecule has 0 aliphatic rings. The van der Waals surface area contributed by atoms with Crippen molar-refractivity contribution in [1.82, 2.24) is 4.90 Å². The number of benzene rings is 1. The molecule has 1 rings (SSSR count). The average molecular weight is 248 g/mol. The smallest absolute Gasteiger partial charge is 0.226 e. The van der Waals surface area contributed by atoms with E-state index in [1.807, 2.05) is 14.0 Å². The third-order valence-electron chi connectivity index (χ3n) is 3.41. The highest BCUT2D eigenvalue weighted by Crippen LogP contribution is 2.14. The number of carbonyl (C=O) groups is 1. The molecule has 0 aliphatic heterocycles. The number of amides is 1. The van der Waals surface area contributed by atoms with E-state index in [9.17, 15) is 4.79 Å². The maximum atomic E-state index is 12.2. The molecule has 0 bridgehead atoms. The van der Waals surface area contributed by atoms with Gasteiger partial charge in [-0.15, -0.1) is 0 Å². The van der Waals surface area contributed by atoms with Crippen LogP contribution in [0.2, 0.25) is 0 Å². The summed E-state index contributed by atoms with van der Waals surface area (Å²) in [5.74, 6) is 0.0843. The van der Waals surface area contributed by atoms with Crippen molar-refractivity contribution in [3.05, 3.63) is 34.9 Å². The summed E-state index contributed by atoms with van der Waals surface area (Å²) < 4.78 is 0. The Balaban J connectivity index is 2.77. The second-order valence-corrected chi connectivity index (χ2v) is 4.97. The quantitative estimate of drug-likeness (QED) is 0.868. The van der Waals surface area contributed by atoms with Crippen LogP contribution in [0.1, 0.15) is 30.0 Å². The summed E-state index contributed by atoms with van der Waals surface area (Å²) in [4.78, 5) is 13.9. The van der Waals surface area contributed by atoms with Crippen LogP contribution in [0.3, 0.4) is 0 Å². The van der Waals surface area contributed by atoms with Crippen LogP contribution in [0.15, 0.2) is 18.2 Å². The first-order valence-corrected chi connectivity index (χ1v) is 6.50. The van der Waals surface area contributed by atoms with E-state index in [0.717, 1.165) is 6.42 Å². The second kappa shape index (κ2) is 6.55. The summed E-state index contributed by atoms with van der Waals surface area (Å²) in [6.45, 7) is 7.23. The van der Waals surface area contributed by atoms with Crippen LogP contribution in [0.25, 0.3) is 0 Å². The Labute approximate surface area is 110 Å². The highest BCUT2D eigenvalue weighted by molar-refractivity contribution is 5.78. The van der Waals surface area contributed by atoms with Crippen LogP contribution in [0.4, 0.5) is 0 Å². The summed E-state index contributed by atoms with van der Waals surface area (Å²) in [6, 6.07) is 6.33. The van der Waals surface area contributed by atoms with Crippen molar-refractivity contribution < 1.29 is 4.79 Å². The molecule has 1 unspecified atom stereocenters. The lowest BCUT2D eigenvalue weighted by molar-refractivity contribution is -0.134. The SMILES string of the molecule is CCC(CN)C(=O)N(C)Cc1cc(C)ccc1C. The Hall–Kier alpha value is -1.35. The first-order valence-electron chi connectivity index (χ1n) is 6.50. The van der Waals surface area contributed by atoms with Crippen molar-refractivity contribution >= 4 is 5.91 Å². The van der Waals surface area contributed by atoms with Crippen molar-refractivity contribution in [3.8, 4) is 0 Å². The van der Waals surface area contributed by atoms with E-state index in [-0.39, 0.29) is 11.8 Å². The molecular formula is C15H24N2O. The minimum atomic E-state index is -0.0554. The van der Waals surface area contributed by atoms with Gasteiger partial charge in [-0.2, -0.15) is 0 Å². The van der Waals surface area contributed by atoms with Gasteiger partial charge in [0.25, 0.3) is 0 Å². The number of carbonyl (C=O) groups excluding carboxylic acids is 1. The molecule has 1 atom stereocenters. The molecule has 1 amide bonds. The van der Waals surface area contributed by atoms with E-state index in [1.165, 1.54) is 16.7 Å². The van der Waals surface area contributed by atoms with Crippen LogP contribution >= 0.6 is 0 Å². The predicted molar refractivity (Wildman–Crippen MR) is 75.2 cm³/mol. The molecular weight excluding hydrogens is 224 g/mol. The van der Waals surface area contributed by atoms with Gasteiger partial charge in [0.15, 0.2) is 0 Å². The minimum Gasteiger partial charge on any atom is -0.341 e.